The summed E-state index contributed by atoms with van der Waals surface area (Å²) in [7, 11) is 0. The predicted molar refractivity (Wildman–Crippen MR) is 67.2 cm³/mol. The van der Waals surface area contributed by atoms with Crippen LogP contribution in [0.15, 0.2) is 16.5 Å². The van der Waals surface area contributed by atoms with Gasteiger partial charge in [-0.15, -0.1) is 0 Å². The van der Waals surface area contributed by atoms with Gasteiger partial charge in [0.2, 0.25) is 0 Å². The molecule has 4 rings (SSSR count). The van der Waals surface area contributed by atoms with Crippen LogP contribution in [0, 0.1) is 6.92 Å². The van der Waals surface area contributed by atoms with E-state index in [2.05, 4.69) is 22.1 Å². The van der Waals surface area contributed by atoms with Gasteiger partial charge in [0.15, 0.2) is 11.5 Å². The van der Waals surface area contributed by atoms with Crippen molar-refractivity contribution in [3.8, 4) is 0 Å². The summed E-state index contributed by atoms with van der Waals surface area (Å²) in [6.07, 6.45) is 4.97. The van der Waals surface area contributed by atoms with Gasteiger partial charge in [0.05, 0.1) is 0 Å². The number of benzene rings is 1. The van der Waals surface area contributed by atoms with Gasteiger partial charge in [0.1, 0.15) is 5.52 Å². The van der Waals surface area contributed by atoms with E-state index in [1.807, 2.05) is 6.92 Å². The Kier molecular flexibility index (Phi) is 1.71. The van der Waals surface area contributed by atoms with Gasteiger partial charge >= 0.3 is 0 Å². The van der Waals surface area contributed by atoms with E-state index in [1.165, 1.54) is 47.8 Å². The van der Waals surface area contributed by atoms with Crippen molar-refractivity contribution < 1.29 is 4.42 Å². The monoisotopic (exact) mass is 226 g/mol. The van der Waals surface area contributed by atoms with E-state index >= 15 is 0 Å². The molecule has 0 aliphatic heterocycles. The Morgan fingerprint density at radius 2 is 2.12 bits per heavy atom. The first-order valence-corrected chi connectivity index (χ1v) is 6.22. The molecule has 1 aliphatic rings. The van der Waals surface area contributed by atoms with Crippen LogP contribution >= 0.6 is 0 Å². The molecule has 0 bridgehead atoms. The third kappa shape index (κ3) is 1.25. The van der Waals surface area contributed by atoms with Crippen molar-refractivity contribution in [3.63, 3.8) is 0 Å². The lowest BCUT2D eigenvalue weighted by Crippen LogP contribution is -1.99. The summed E-state index contributed by atoms with van der Waals surface area (Å²) in [5.41, 5.74) is 5.96. The number of oxazole rings is 1. The second-order valence-corrected chi connectivity index (χ2v) is 4.89. The molecule has 17 heavy (non-hydrogen) atoms. The fraction of sp³-hybridized carbons (Fsp3) is 0.357. The molecular formula is C14H14N2O. The minimum absolute atomic E-state index is 0.738. The number of H-pyrrole nitrogens is 1. The molecule has 0 saturated heterocycles. The molecule has 1 aromatic carbocycles. The topological polar surface area (TPSA) is 41.8 Å². The molecule has 3 heteroatoms. The maximum atomic E-state index is 5.58. The van der Waals surface area contributed by atoms with E-state index in [0.29, 0.717) is 0 Å². The van der Waals surface area contributed by atoms with Gasteiger partial charge in [-0.2, -0.15) is 0 Å². The zero-order chi connectivity index (χ0) is 11.4. The van der Waals surface area contributed by atoms with Gasteiger partial charge in [-0.3, -0.25) is 0 Å². The Morgan fingerprint density at radius 3 is 3.06 bits per heavy atom. The quantitative estimate of drug-likeness (QED) is 0.637. The molecule has 0 amide bonds. The van der Waals surface area contributed by atoms with Crippen molar-refractivity contribution in [3.05, 3.63) is 29.3 Å². The summed E-state index contributed by atoms with van der Waals surface area (Å²) in [5.74, 6) is 0.738. The van der Waals surface area contributed by atoms with Crippen LogP contribution in [0.3, 0.4) is 0 Å². The van der Waals surface area contributed by atoms with E-state index < -0.39 is 0 Å². The average molecular weight is 226 g/mol. The highest BCUT2D eigenvalue weighted by atomic mass is 16.3. The smallest absolute Gasteiger partial charge is 0.192 e. The molecule has 0 radical (unpaired) electrons. The van der Waals surface area contributed by atoms with Gasteiger partial charge in [0.25, 0.3) is 0 Å². The highest BCUT2D eigenvalue weighted by Crippen LogP contribution is 2.31. The molecule has 0 spiro atoms. The number of hydrogen-bond donors (Lipinski definition) is 1. The average Bonchev–Trinajstić information content (AvgIpc) is 2.84. The van der Waals surface area contributed by atoms with Crippen molar-refractivity contribution in [1.29, 1.82) is 0 Å². The van der Waals surface area contributed by atoms with Crippen LogP contribution < -0.4 is 0 Å². The Bertz CT molecular complexity index is 721. The molecule has 2 aromatic heterocycles. The lowest BCUT2D eigenvalue weighted by atomic mass is 9.96. The largest absolute Gasteiger partial charge is 0.441 e. The number of aromatic amines is 1. The number of nitrogens with zero attached hydrogens (tertiary/aromatic N) is 1. The van der Waals surface area contributed by atoms with Crippen LogP contribution in [0.4, 0.5) is 0 Å². The maximum Gasteiger partial charge on any atom is 0.192 e. The lowest BCUT2D eigenvalue weighted by Gasteiger charge is -2.10. The first-order valence-electron chi connectivity index (χ1n) is 6.22. The highest BCUT2D eigenvalue weighted by Gasteiger charge is 2.16. The van der Waals surface area contributed by atoms with Crippen molar-refractivity contribution in [2.75, 3.05) is 0 Å². The molecule has 2 heterocycles. The number of fused-ring (bicyclic) bond motifs is 4. The summed E-state index contributed by atoms with van der Waals surface area (Å²) in [6.45, 7) is 1.89. The molecular weight excluding hydrogens is 212 g/mol. The van der Waals surface area contributed by atoms with Crippen LogP contribution in [0.1, 0.15) is 30.0 Å². The summed E-state index contributed by atoms with van der Waals surface area (Å²) in [5, 5.41) is 1.33. The highest BCUT2D eigenvalue weighted by molar-refractivity contribution is 5.95. The number of rotatable bonds is 0. The Hall–Kier alpha value is -1.77. The number of nitrogens with one attached hydrogen (secondary N) is 1. The Morgan fingerprint density at radius 1 is 1.24 bits per heavy atom. The number of aromatic nitrogens is 2. The minimum atomic E-state index is 0.738. The molecule has 0 atom stereocenters. The normalized spacial score (nSPS) is 15.6. The van der Waals surface area contributed by atoms with Crippen molar-refractivity contribution in [2.24, 2.45) is 0 Å². The summed E-state index contributed by atoms with van der Waals surface area (Å²) in [6, 6.07) is 4.25. The third-order valence-corrected chi connectivity index (χ3v) is 3.71. The maximum absolute atomic E-state index is 5.58. The Labute approximate surface area is 98.8 Å². The van der Waals surface area contributed by atoms with Crippen molar-refractivity contribution in [2.45, 2.75) is 32.6 Å². The van der Waals surface area contributed by atoms with E-state index in [1.54, 1.807) is 0 Å². The van der Waals surface area contributed by atoms with Gasteiger partial charge in [0, 0.05) is 29.6 Å². The van der Waals surface area contributed by atoms with Crippen LogP contribution in [-0.4, -0.2) is 9.97 Å². The Balaban J connectivity index is 2.10. The van der Waals surface area contributed by atoms with E-state index in [0.717, 1.165) is 17.0 Å². The second kappa shape index (κ2) is 3.13. The summed E-state index contributed by atoms with van der Waals surface area (Å²) < 4.78 is 5.58. The molecule has 1 aliphatic carbocycles. The molecule has 1 N–H and O–H groups in total. The zero-order valence-corrected chi connectivity index (χ0v) is 9.84. The van der Waals surface area contributed by atoms with E-state index in [-0.39, 0.29) is 0 Å². The minimum Gasteiger partial charge on any atom is -0.441 e. The number of hydrogen-bond acceptors (Lipinski definition) is 2. The van der Waals surface area contributed by atoms with Crippen LogP contribution in [0.25, 0.3) is 22.0 Å². The standard InChI is InChI=1S/C14H14N2O/c1-8-15-13-6-10-9-4-2-3-5-11(9)16-12(10)7-14(13)17-8/h6-7,16H,2-5H2,1H3. The van der Waals surface area contributed by atoms with Gasteiger partial charge in [-0.25, -0.2) is 4.98 Å². The number of aryl methyl sites for hydroxylation is 3. The predicted octanol–water partition coefficient (Wildman–Crippen LogP) is 3.50. The molecule has 0 fully saturated rings. The SMILES string of the molecule is Cc1nc2cc3c4c([nH]c3cc2o1)CCCC4. The van der Waals surface area contributed by atoms with Crippen LogP contribution in [0.2, 0.25) is 0 Å². The van der Waals surface area contributed by atoms with Gasteiger partial charge in [-0.05, 0) is 37.3 Å². The van der Waals surface area contributed by atoms with Crippen molar-refractivity contribution >= 4 is 22.0 Å². The third-order valence-electron chi connectivity index (χ3n) is 3.71. The second-order valence-electron chi connectivity index (χ2n) is 4.89. The lowest BCUT2D eigenvalue weighted by molar-refractivity contribution is 0.561. The van der Waals surface area contributed by atoms with Crippen molar-refractivity contribution in [1.82, 2.24) is 9.97 Å². The van der Waals surface area contributed by atoms with E-state index in [4.69, 9.17) is 4.42 Å². The molecule has 0 unspecified atom stereocenters. The van der Waals surface area contributed by atoms with Crippen LogP contribution in [-0.2, 0) is 12.8 Å². The van der Waals surface area contributed by atoms with Gasteiger partial charge in [-0.1, -0.05) is 0 Å². The first kappa shape index (κ1) is 9.28. The first-order chi connectivity index (χ1) is 8.31. The fourth-order valence-electron chi connectivity index (χ4n) is 2.95. The molecule has 0 saturated carbocycles. The molecule has 86 valence electrons. The van der Waals surface area contributed by atoms with Gasteiger partial charge < -0.3 is 9.40 Å². The van der Waals surface area contributed by atoms with Crippen LogP contribution in [0.5, 0.6) is 0 Å². The summed E-state index contributed by atoms with van der Waals surface area (Å²) in [4.78, 5) is 7.94. The fourth-order valence-corrected chi connectivity index (χ4v) is 2.95. The summed E-state index contributed by atoms with van der Waals surface area (Å²) >= 11 is 0. The molecule has 3 nitrogen and oxygen atoms in total. The molecule has 3 aromatic rings. The zero-order valence-electron chi connectivity index (χ0n) is 9.84. The van der Waals surface area contributed by atoms with E-state index in [9.17, 15) is 0 Å².